The summed E-state index contributed by atoms with van der Waals surface area (Å²) in [7, 11) is 0. The molecule has 8 heteroatoms. The third-order valence-electron chi connectivity index (χ3n) is 4.95. The number of morpholine rings is 1. The summed E-state index contributed by atoms with van der Waals surface area (Å²) in [6.07, 6.45) is 0.938. The largest absolute Gasteiger partial charge is 0.372 e. The monoisotopic (exact) mass is 382 g/mol. The number of benzene rings is 1. The molecule has 28 heavy (non-hydrogen) atoms. The molecule has 3 heterocycles. The topological polar surface area (TPSA) is 90.7 Å². The van der Waals surface area contributed by atoms with Crippen LogP contribution in [-0.4, -0.2) is 44.5 Å². The third kappa shape index (κ3) is 3.13. The fourth-order valence-electron chi connectivity index (χ4n) is 3.90. The lowest BCUT2D eigenvalue weighted by molar-refractivity contribution is -0.00513. The van der Waals surface area contributed by atoms with E-state index < -0.39 is 0 Å². The van der Waals surface area contributed by atoms with Gasteiger partial charge in [0, 0.05) is 25.2 Å². The zero-order valence-electron chi connectivity index (χ0n) is 16.5. The van der Waals surface area contributed by atoms with Crippen LogP contribution in [0.1, 0.15) is 27.2 Å². The number of aromatic nitrogens is 4. The molecule has 1 aromatic carbocycles. The lowest BCUT2D eigenvalue weighted by Crippen LogP contribution is -2.46. The van der Waals surface area contributed by atoms with E-state index in [2.05, 4.69) is 28.8 Å². The number of rotatable bonds is 4. The lowest BCUT2D eigenvalue weighted by atomic mass is 10.1. The molecule has 0 radical (unpaired) electrons. The number of nitrogens with two attached hydrogens (primary N) is 1. The van der Waals surface area contributed by atoms with Gasteiger partial charge in [-0.3, -0.25) is 0 Å². The van der Waals surface area contributed by atoms with Crippen LogP contribution >= 0.6 is 0 Å². The predicted molar refractivity (Wildman–Crippen MR) is 110 cm³/mol. The first-order valence-electron chi connectivity index (χ1n) is 9.74. The molecule has 2 atom stereocenters. The Balaban J connectivity index is 2.01. The van der Waals surface area contributed by atoms with E-state index >= 15 is 0 Å². The van der Waals surface area contributed by atoms with Gasteiger partial charge in [0.25, 0.3) is 0 Å². The Morgan fingerprint density at radius 2 is 1.86 bits per heavy atom. The van der Waals surface area contributed by atoms with E-state index in [9.17, 15) is 4.79 Å². The van der Waals surface area contributed by atoms with Gasteiger partial charge < -0.3 is 15.4 Å². The predicted octanol–water partition coefficient (Wildman–Crippen LogP) is 2.16. The van der Waals surface area contributed by atoms with Crippen LogP contribution in [-0.2, 0) is 11.3 Å². The van der Waals surface area contributed by atoms with Crippen molar-refractivity contribution in [2.75, 3.05) is 23.7 Å². The lowest BCUT2D eigenvalue weighted by Gasteiger charge is -2.37. The molecule has 0 spiro atoms. The van der Waals surface area contributed by atoms with Gasteiger partial charge in [-0.05, 0) is 20.3 Å². The minimum absolute atomic E-state index is 0.0643. The number of hydrogen-bond donors (Lipinski definition) is 1. The maximum Gasteiger partial charge on any atom is 0.353 e. The fourth-order valence-corrected chi connectivity index (χ4v) is 3.90. The van der Waals surface area contributed by atoms with E-state index in [1.807, 2.05) is 37.3 Å². The Hall–Kier alpha value is -2.87. The summed E-state index contributed by atoms with van der Waals surface area (Å²) >= 11 is 0. The molecule has 1 saturated heterocycles. The second-order valence-corrected chi connectivity index (χ2v) is 7.36. The normalized spacial score (nSPS) is 20.0. The molecule has 1 fully saturated rings. The van der Waals surface area contributed by atoms with Crippen LogP contribution in [0.4, 0.5) is 11.6 Å². The number of nitrogen functional groups attached to an aromatic ring is 1. The van der Waals surface area contributed by atoms with Crippen LogP contribution in [0, 0.1) is 0 Å². The Morgan fingerprint density at radius 3 is 2.50 bits per heavy atom. The van der Waals surface area contributed by atoms with Gasteiger partial charge in [-0.2, -0.15) is 0 Å². The minimum atomic E-state index is -0.253. The summed E-state index contributed by atoms with van der Waals surface area (Å²) < 4.78 is 8.80. The van der Waals surface area contributed by atoms with Gasteiger partial charge >= 0.3 is 5.69 Å². The van der Waals surface area contributed by atoms with E-state index in [-0.39, 0.29) is 23.8 Å². The second-order valence-electron chi connectivity index (χ2n) is 7.36. The van der Waals surface area contributed by atoms with Gasteiger partial charge in [0.2, 0.25) is 5.95 Å². The summed E-state index contributed by atoms with van der Waals surface area (Å²) in [5.41, 5.74) is 9.01. The molecular weight excluding hydrogens is 356 g/mol. The summed E-state index contributed by atoms with van der Waals surface area (Å²) in [6.45, 7) is 8.04. The molecule has 0 saturated carbocycles. The van der Waals surface area contributed by atoms with Crippen LogP contribution in [0.25, 0.3) is 16.9 Å². The van der Waals surface area contributed by atoms with Crippen LogP contribution in [0.5, 0.6) is 0 Å². The van der Waals surface area contributed by atoms with Crippen molar-refractivity contribution in [2.24, 2.45) is 0 Å². The number of aryl methyl sites for hydroxylation is 1. The first kappa shape index (κ1) is 18.5. The van der Waals surface area contributed by atoms with E-state index in [4.69, 9.17) is 10.5 Å². The summed E-state index contributed by atoms with van der Waals surface area (Å²) in [4.78, 5) is 19.7. The quantitative estimate of drug-likeness (QED) is 0.744. The van der Waals surface area contributed by atoms with Gasteiger partial charge in [0.05, 0.1) is 12.2 Å². The zero-order valence-corrected chi connectivity index (χ0v) is 16.5. The number of anilines is 2. The molecule has 0 aliphatic carbocycles. The van der Waals surface area contributed by atoms with E-state index in [0.717, 1.165) is 23.4 Å². The highest BCUT2D eigenvalue weighted by Crippen LogP contribution is 2.34. The van der Waals surface area contributed by atoms with Gasteiger partial charge in [-0.25, -0.2) is 18.9 Å². The molecular formula is C20H26N6O2. The average molecular weight is 382 g/mol. The molecule has 0 bridgehead atoms. The smallest absolute Gasteiger partial charge is 0.353 e. The Morgan fingerprint density at radius 1 is 1.18 bits per heavy atom. The van der Waals surface area contributed by atoms with Crippen LogP contribution in [0.15, 0.2) is 35.1 Å². The third-order valence-corrected chi connectivity index (χ3v) is 4.95. The molecule has 2 N–H and O–H groups in total. The van der Waals surface area contributed by atoms with Gasteiger partial charge in [0.1, 0.15) is 11.4 Å². The fraction of sp³-hybridized carbons (Fsp3) is 0.450. The van der Waals surface area contributed by atoms with E-state index in [0.29, 0.717) is 25.3 Å². The molecule has 3 aromatic rings. The maximum absolute atomic E-state index is 12.9. The number of ether oxygens (including phenoxy) is 1. The maximum atomic E-state index is 12.9. The van der Waals surface area contributed by atoms with Crippen molar-refractivity contribution in [2.45, 2.75) is 45.9 Å². The van der Waals surface area contributed by atoms with Crippen molar-refractivity contribution in [3.63, 3.8) is 0 Å². The van der Waals surface area contributed by atoms with Crippen molar-refractivity contribution in [1.29, 1.82) is 0 Å². The highest BCUT2D eigenvalue weighted by atomic mass is 16.5. The van der Waals surface area contributed by atoms with Crippen molar-refractivity contribution in [3.8, 4) is 11.3 Å². The molecule has 148 valence electrons. The van der Waals surface area contributed by atoms with Crippen molar-refractivity contribution in [3.05, 3.63) is 40.8 Å². The number of hydrogen-bond acceptors (Lipinski definition) is 6. The summed E-state index contributed by atoms with van der Waals surface area (Å²) in [5.74, 6) is 0.152. The Bertz CT molecular complexity index is 1030. The standard InChI is InChI=1S/C20H26N6O2/c1-4-10-25-20(27)26-18(23-25)17(24-11-13(2)28-14(3)12-24)16(22-19(26)21)15-8-6-5-7-9-15/h5-9,13-14H,4,10-12H2,1-3H3,(H2,21,22)/t13-,14+. The number of fused-ring (bicyclic) bond motifs is 1. The van der Waals surface area contributed by atoms with Crippen molar-refractivity contribution in [1.82, 2.24) is 19.2 Å². The van der Waals surface area contributed by atoms with Crippen LogP contribution < -0.4 is 16.3 Å². The highest BCUT2D eigenvalue weighted by molar-refractivity contribution is 5.86. The first-order chi connectivity index (χ1) is 13.5. The molecule has 1 aliphatic rings. The van der Waals surface area contributed by atoms with E-state index in [1.54, 1.807) is 0 Å². The van der Waals surface area contributed by atoms with Crippen LogP contribution in [0.2, 0.25) is 0 Å². The van der Waals surface area contributed by atoms with Gasteiger partial charge in [-0.15, -0.1) is 5.10 Å². The Labute approximate surface area is 163 Å². The summed E-state index contributed by atoms with van der Waals surface area (Å²) in [6, 6.07) is 9.89. The first-order valence-corrected chi connectivity index (χ1v) is 9.74. The van der Waals surface area contributed by atoms with Gasteiger partial charge in [-0.1, -0.05) is 37.3 Å². The van der Waals surface area contributed by atoms with E-state index in [1.165, 1.54) is 9.08 Å². The minimum Gasteiger partial charge on any atom is -0.372 e. The molecule has 4 rings (SSSR count). The summed E-state index contributed by atoms with van der Waals surface area (Å²) in [5, 5.41) is 4.64. The Kier molecular flexibility index (Phi) is 4.80. The van der Waals surface area contributed by atoms with Gasteiger partial charge in [0.15, 0.2) is 5.65 Å². The molecule has 8 nitrogen and oxygen atoms in total. The zero-order chi connectivity index (χ0) is 19.8. The highest BCUT2D eigenvalue weighted by Gasteiger charge is 2.29. The molecule has 0 amide bonds. The average Bonchev–Trinajstić information content (AvgIpc) is 2.98. The second kappa shape index (κ2) is 7.27. The molecule has 1 aliphatic heterocycles. The number of nitrogens with zero attached hydrogens (tertiary/aromatic N) is 5. The van der Waals surface area contributed by atoms with Crippen LogP contribution in [0.3, 0.4) is 0 Å². The van der Waals surface area contributed by atoms with Crippen molar-refractivity contribution >= 4 is 17.3 Å². The molecule has 2 aromatic heterocycles. The molecule has 0 unspecified atom stereocenters. The van der Waals surface area contributed by atoms with Crippen molar-refractivity contribution < 1.29 is 4.74 Å². The SMILES string of the molecule is CCCn1nc2c(N3C[C@@H](C)O[C@@H](C)C3)c(-c3ccccc3)nc(N)n2c1=O.